The van der Waals surface area contributed by atoms with E-state index < -0.39 is 6.29 Å². The number of aromatic nitrogens is 3. The summed E-state index contributed by atoms with van der Waals surface area (Å²) in [6.07, 6.45) is -1.93. The molecule has 112 valence electrons. The van der Waals surface area contributed by atoms with Gasteiger partial charge in [-0.05, 0) is 12.1 Å². The second kappa shape index (κ2) is 5.17. The van der Waals surface area contributed by atoms with Gasteiger partial charge in [-0.2, -0.15) is 0 Å². The lowest BCUT2D eigenvalue weighted by Crippen LogP contribution is -2.25. The number of benzene rings is 1. The molecule has 1 aromatic heterocycles. The first-order valence-corrected chi connectivity index (χ1v) is 6.19. The molecule has 1 aliphatic heterocycles. The molecule has 0 aliphatic carbocycles. The van der Waals surface area contributed by atoms with Crippen molar-refractivity contribution in [3.63, 3.8) is 0 Å². The molecule has 1 aliphatic rings. The maximum absolute atomic E-state index is 12.9. The Morgan fingerprint density at radius 1 is 1.29 bits per heavy atom. The Hall–Kier alpha value is -2.42. The summed E-state index contributed by atoms with van der Waals surface area (Å²) in [6.45, 7) is 0.709. The van der Waals surface area contributed by atoms with Crippen molar-refractivity contribution >= 4 is 5.69 Å². The lowest BCUT2D eigenvalue weighted by atomic mass is 10.2. The number of nitrogens with zero attached hydrogens (tertiary/aromatic N) is 3. The minimum atomic E-state index is -3.62. The van der Waals surface area contributed by atoms with Gasteiger partial charge in [-0.15, -0.1) is 13.9 Å². The van der Waals surface area contributed by atoms with E-state index in [-0.39, 0.29) is 18.1 Å². The molecule has 9 heteroatoms. The zero-order valence-electron chi connectivity index (χ0n) is 10.8. The Kier molecular flexibility index (Phi) is 3.34. The second-order valence-corrected chi connectivity index (χ2v) is 4.38. The minimum absolute atomic E-state index is 0.000518. The van der Waals surface area contributed by atoms with Gasteiger partial charge in [-0.25, -0.2) is 4.68 Å². The van der Waals surface area contributed by atoms with Gasteiger partial charge in [0.05, 0.1) is 25.9 Å². The number of ether oxygens (including phenoxy) is 2. The number of halogens is 2. The van der Waals surface area contributed by atoms with Gasteiger partial charge in [-0.3, -0.25) is 0 Å². The van der Waals surface area contributed by atoms with Crippen molar-refractivity contribution in [2.45, 2.75) is 19.4 Å². The van der Waals surface area contributed by atoms with Crippen molar-refractivity contribution in [3.05, 3.63) is 30.1 Å². The molecule has 2 aromatic rings. The quantitative estimate of drug-likeness (QED) is 0.863. The fourth-order valence-electron chi connectivity index (χ4n) is 1.88. The summed E-state index contributed by atoms with van der Waals surface area (Å²) in [5.74, 6) is -0.0200. The van der Waals surface area contributed by atoms with Crippen LogP contribution < -0.4 is 14.8 Å². The fourth-order valence-corrected chi connectivity index (χ4v) is 1.88. The number of hydrogen-bond acceptors (Lipinski definition) is 6. The summed E-state index contributed by atoms with van der Waals surface area (Å²) in [4.78, 5) is 0. The van der Waals surface area contributed by atoms with Crippen molar-refractivity contribution in [1.29, 1.82) is 0 Å². The topological polar surface area (TPSA) is 81.4 Å². The first-order valence-electron chi connectivity index (χ1n) is 6.19. The number of nitrogens with one attached hydrogen (secondary N) is 1. The summed E-state index contributed by atoms with van der Waals surface area (Å²) < 4.78 is 36.0. The molecule has 0 radical (unpaired) electrons. The number of fused-ring (bicyclic) bond motifs is 1. The molecule has 21 heavy (non-hydrogen) atoms. The van der Waals surface area contributed by atoms with E-state index in [0.717, 1.165) is 0 Å². The highest BCUT2D eigenvalue weighted by molar-refractivity contribution is 5.55. The number of aliphatic hydroxyl groups excluding tert-OH is 1. The summed E-state index contributed by atoms with van der Waals surface area (Å²) >= 11 is 0. The molecule has 7 nitrogen and oxygen atoms in total. The average Bonchev–Trinajstić information content (AvgIpc) is 2.98. The highest BCUT2D eigenvalue weighted by Crippen LogP contribution is 2.42. The smallest absolute Gasteiger partial charge is 0.395 e. The Morgan fingerprint density at radius 3 is 2.90 bits per heavy atom. The molecule has 2 N–H and O–H groups in total. The number of anilines is 1. The first kappa shape index (κ1) is 13.6. The van der Waals surface area contributed by atoms with E-state index in [1.807, 2.05) is 0 Å². The van der Waals surface area contributed by atoms with Crippen molar-refractivity contribution < 1.29 is 23.4 Å². The largest absolute Gasteiger partial charge is 0.586 e. The Balaban J connectivity index is 1.64. The summed E-state index contributed by atoms with van der Waals surface area (Å²) in [5, 5.41) is 19.5. The molecule has 0 atom stereocenters. The molecule has 2 heterocycles. The standard InChI is InChI=1S/C12H12F2N4O3/c13-12(14)20-10-2-1-8(5-11(10)21-12)15-6-9-7-18(3-4-19)17-16-9/h1-2,5,7,15,19H,3-4,6H2. The van der Waals surface area contributed by atoms with Crippen LogP contribution in [0.3, 0.4) is 0 Å². The minimum Gasteiger partial charge on any atom is -0.395 e. The van der Waals surface area contributed by atoms with Gasteiger partial charge in [0, 0.05) is 11.8 Å². The van der Waals surface area contributed by atoms with E-state index in [4.69, 9.17) is 5.11 Å². The zero-order chi connectivity index (χ0) is 14.9. The number of aliphatic hydroxyl groups is 1. The fraction of sp³-hybridized carbons (Fsp3) is 0.333. The van der Waals surface area contributed by atoms with Crippen molar-refractivity contribution in [1.82, 2.24) is 15.0 Å². The second-order valence-electron chi connectivity index (χ2n) is 4.38. The molecule has 0 amide bonds. The maximum atomic E-state index is 12.9. The number of rotatable bonds is 5. The third-order valence-electron chi connectivity index (χ3n) is 2.79. The highest BCUT2D eigenvalue weighted by Gasteiger charge is 2.43. The Labute approximate surface area is 118 Å². The molecule has 1 aromatic carbocycles. The van der Waals surface area contributed by atoms with Crippen LogP contribution in [0.2, 0.25) is 0 Å². The molecule has 3 rings (SSSR count). The van der Waals surface area contributed by atoms with Crippen molar-refractivity contribution in [3.8, 4) is 11.5 Å². The average molecular weight is 298 g/mol. The summed E-state index contributed by atoms with van der Waals surface area (Å²) in [5.41, 5.74) is 1.25. The van der Waals surface area contributed by atoms with Crippen LogP contribution in [0.5, 0.6) is 11.5 Å². The molecule has 0 bridgehead atoms. The normalized spacial score (nSPS) is 15.2. The zero-order valence-corrected chi connectivity index (χ0v) is 10.8. The number of hydrogen-bond donors (Lipinski definition) is 2. The molecule has 0 fully saturated rings. The van der Waals surface area contributed by atoms with E-state index in [1.165, 1.54) is 16.8 Å². The summed E-state index contributed by atoms with van der Waals surface area (Å²) in [6, 6.07) is 4.43. The van der Waals surface area contributed by atoms with Gasteiger partial charge >= 0.3 is 6.29 Å². The van der Waals surface area contributed by atoms with Gasteiger partial charge in [0.2, 0.25) is 0 Å². The van der Waals surface area contributed by atoms with Gasteiger partial charge in [0.1, 0.15) is 5.69 Å². The van der Waals surface area contributed by atoms with Crippen LogP contribution in [0.1, 0.15) is 5.69 Å². The van der Waals surface area contributed by atoms with Crippen LogP contribution in [0, 0.1) is 0 Å². The molecular formula is C12H12F2N4O3. The van der Waals surface area contributed by atoms with E-state index in [1.54, 1.807) is 12.3 Å². The first-order chi connectivity index (χ1) is 10.1. The van der Waals surface area contributed by atoms with Crippen LogP contribution >= 0.6 is 0 Å². The van der Waals surface area contributed by atoms with Crippen LogP contribution in [0.25, 0.3) is 0 Å². The third kappa shape index (κ3) is 3.02. The van der Waals surface area contributed by atoms with E-state index in [9.17, 15) is 8.78 Å². The number of alkyl halides is 2. The molecule has 0 saturated carbocycles. The van der Waals surface area contributed by atoms with Gasteiger partial charge in [0.25, 0.3) is 0 Å². The highest BCUT2D eigenvalue weighted by atomic mass is 19.3. The lowest BCUT2D eigenvalue weighted by molar-refractivity contribution is -0.286. The summed E-state index contributed by atoms with van der Waals surface area (Å²) in [7, 11) is 0. The van der Waals surface area contributed by atoms with E-state index in [2.05, 4.69) is 25.1 Å². The van der Waals surface area contributed by atoms with E-state index in [0.29, 0.717) is 24.5 Å². The van der Waals surface area contributed by atoms with Gasteiger partial charge in [0.15, 0.2) is 11.5 Å². The maximum Gasteiger partial charge on any atom is 0.586 e. The Morgan fingerprint density at radius 2 is 2.10 bits per heavy atom. The lowest BCUT2D eigenvalue weighted by Gasteiger charge is -2.05. The monoisotopic (exact) mass is 298 g/mol. The third-order valence-corrected chi connectivity index (χ3v) is 2.79. The molecule has 0 spiro atoms. The Bertz CT molecular complexity index is 647. The van der Waals surface area contributed by atoms with Crippen LogP contribution in [0.4, 0.5) is 14.5 Å². The van der Waals surface area contributed by atoms with Crippen molar-refractivity contribution in [2.24, 2.45) is 0 Å². The van der Waals surface area contributed by atoms with Gasteiger partial charge in [-0.1, -0.05) is 5.21 Å². The predicted molar refractivity (Wildman–Crippen MR) is 67.1 cm³/mol. The molecular weight excluding hydrogens is 286 g/mol. The molecule has 0 unspecified atom stereocenters. The molecule has 0 saturated heterocycles. The van der Waals surface area contributed by atoms with Gasteiger partial charge < -0.3 is 19.9 Å². The predicted octanol–water partition coefficient (Wildman–Crippen LogP) is 1.20. The van der Waals surface area contributed by atoms with Crippen LogP contribution in [-0.2, 0) is 13.1 Å². The van der Waals surface area contributed by atoms with E-state index >= 15 is 0 Å². The SMILES string of the molecule is OCCn1cc(CNc2ccc3c(c2)OC(F)(F)O3)nn1. The van der Waals surface area contributed by atoms with Crippen LogP contribution in [0.15, 0.2) is 24.4 Å². The van der Waals surface area contributed by atoms with Crippen molar-refractivity contribution in [2.75, 3.05) is 11.9 Å². The van der Waals surface area contributed by atoms with Crippen LogP contribution in [-0.4, -0.2) is 33.0 Å².